The number of fused-ring (bicyclic) bond motifs is 5. The summed E-state index contributed by atoms with van der Waals surface area (Å²) in [6.07, 6.45) is 11.0. The van der Waals surface area contributed by atoms with E-state index in [0.717, 1.165) is 49.7 Å². The van der Waals surface area contributed by atoms with Crippen molar-refractivity contribution in [2.75, 3.05) is 0 Å². The first kappa shape index (κ1) is 13.7. The Morgan fingerprint density at radius 1 is 1.00 bits per heavy atom. The van der Waals surface area contributed by atoms with E-state index in [9.17, 15) is 4.79 Å². The minimum absolute atomic E-state index is 0.000118. The second-order valence-corrected chi connectivity index (χ2v) is 8.45. The van der Waals surface area contributed by atoms with Crippen LogP contribution in [-0.2, 0) is 4.79 Å². The summed E-state index contributed by atoms with van der Waals surface area (Å²) in [7, 11) is 0. The number of hydrogen-bond acceptors (Lipinski definition) is 2. The zero-order valence-corrected chi connectivity index (χ0v) is 13.4. The Balaban J connectivity index is 1.70. The second-order valence-electron chi connectivity index (χ2n) is 8.45. The number of carbonyl (C=O) groups excluding carboxylic acids is 1. The van der Waals surface area contributed by atoms with Crippen molar-refractivity contribution in [3.05, 3.63) is 11.6 Å². The minimum atomic E-state index is 0.000118. The Hall–Kier alpha value is -0.920. The molecule has 3 fully saturated rings. The van der Waals surface area contributed by atoms with Gasteiger partial charge in [0.05, 0.1) is 0 Å². The number of carbonyl (C=O) groups is 1. The first-order valence-electron chi connectivity index (χ1n) is 8.77. The van der Waals surface area contributed by atoms with Crippen LogP contribution in [0.25, 0.3) is 0 Å². The molecule has 21 heavy (non-hydrogen) atoms. The van der Waals surface area contributed by atoms with E-state index in [-0.39, 0.29) is 5.41 Å². The van der Waals surface area contributed by atoms with Gasteiger partial charge in [-0.15, -0.1) is 0 Å². The van der Waals surface area contributed by atoms with E-state index < -0.39 is 0 Å². The summed E-state index contributed by atoms with van der Waals surface area (Å²) in [5.41, 5.74) is 2.70. The van der Waals surface area contributed by atoms with E-state index in [1.54, 1.807) is 5.57 Å². The molecule has 114 valence electrons. The van der Waals surface area contributed by atoms with Gasteiger partial charge in [0.2, 0.25) is 0 Å². The smallest absolute Gasteiger partial charge is 0.139 e. The average molecular weight is 285 g/mol. The predicted octanol–water partition coefficient (Wildman–Crippen LogP) is 4.54. The Kier molecular flexibility index (Phi) is 2.81. The van der Waals surface area contributed by atoms with E-state index in [4.69, 9.17) is 5.41 Å². The minimum Gasteiger partial charge on any atom is -0.305 e. The molecule has 0 bridgehead atoms. The largest absolute Gasteiger partial charge is 0.305 e. The second kappa shape index (κ2) is 4.30. The lowest BCUT2D eigenvalue weighted by atomic mass is 9.47. The van der Waals surface area contributed by atoms with Crippen molar-refractivity contribution in [2.24, 2.45) is 28.6 Å². The molecule has 4 rings (SSSR count). The lowest BCUT2D eigenvalue weighted by molar-refractivity contribution is -0.132. The molecule has 4 aliphatic carbocycles. The van der Waals surface area contributed by atoms with E-state index in [1.165, 1.54) is 19.3 Å². The number of ketones is 1. The molecule has 0 aliphatic heterocycles. The highest BCUT2D eigenvalue weighted by Gasteiger charge is 2.58. The van der Waals surface area contributed by atoms with Crippen molar-refractivity contribution in [3.63, 3.8) is 0 Å². The van der Waals surface area contributed by atoms with Gasteiger partial charge in [0.1, 0.15) is 5.78 Å². The van der Waals surface area contributed by atoms with Crippen molar-refractivity contribution in [3.8, 4) is 0 Å². The van der Waals surface area contributed by atoms with Gasteiger partial charge in [-0.2, -0.15) is 0 Å². The fourth-order valence-electron chi connectivity index (χ4n) is 6.36. The highest BCUT2D eigenvalue weighted by molar-refractivity contribution is 5.94. The molecule has 0 heterocycles. The molecule has 0 saturated heterocycles. The van der Waals surface area contributed by atoms with Crippen molar-refractivity contribution in [2.45, 2.75) is 65.2 Å². The third-order valence-corrected chi connectivity index (χ3v) is 7.71. The quantitative estimate of drug-likeness (QED) is 0.697. The molecular formula is C19H27NO. The van der Waals surface area contributed by atoms with Crippen molar-refractivity contribution in [1.29, 1.82) is 5.41 Å². The summed E-state index contributed by atoms with van der Waals surface area (Å²) in [6.45, 7) is 4.72. The van der Waals surface area contributed by atoms with E-state index in [1.807, 2.05) is 0 Å². The van der Waals surface area contributed by atoms with Crippen LogP contribution in [0.15, 0.2) is 11.6 Å². The van der Waals surface area contributed by atoms with E-state index in [2.05, 4.69) is 19.9 Å². The summed E-state index contributed by atoms with van der Waals surface area (Å²) in [4.78, 5) is 12.4. The zero-order valence-electron chi connectivity index (χ0n) is 13.4. The van der Waals surface area contributed by atoms with Crippen LogP contribution in [0.2, 0.25) is 0 Å². The topological polar surface area (TPSA) is 40.9 Å². The number of Topliss-reactive ketones (excluding diaryl/α,β-unsaturated/α-hetero) is 1. The van der Waals surface area contributed by atoms with Crippen LogP contribution in [0.3, 0.4) is 0 Å². The number of nitrogens with one attached hydrogen (secondary N) is 1. The standard InChI is InChI=1S/C19H27NO/c1-18-9-7-13(20)11-12(18)3-4-14-15-5-6-17(21)19(15,2)10-8-16(14)18/h11,14-16,20H,3-10H2,1-2H3/t14?,15?,16?,18-,19-/m0/s1. The number of allylic oxidation sites excluding steroid dienone is 2. The Morgan fingerprint density at radius 3 is 2.57 bits per heavy atom. The van der Waals surface area contributed by atoms with Crippen LogP contribution in [0.4, 0.5) is 0 Å². The Labute approximate surface area is 127 Å². The summed E-state index contributed by atoms with van der Waals surface area (Å²) in [5.74, 6) is 2.70. The molecule has 2 nitrogen and oxygen atoms in total. The summed E-state index contributed by atoms with van der Waals surface area (Å²) < 4.78 is 0. The first-order valence-corrected chi connectivity index (χ1v) is 8.77. The molecule has 3 saturated carbocycles. The van der Waals surface area contributed by atoms with Crippen molar-refractivity contribution < 1.29 is 4.79 Å². The van der Waals surface area contributed by atoms with Gasteiger partial charge in [-0.05, 0) is 74.2 Å². The molecule has 0 amide bonds. The van der Waals surface area contributed by atoms with Gasteiger partial charge in [0, 0.05) is 17.5 Å². The van der Waals surface area contributed by atoms with Gasteiger partial charge in [0.15, 0.2) is 0 Å². The molecule has 0 aromatic rings. The lowest BCUT2D eigenvalue weighted by Gasteiger charge is -2.57. The van der Waals surface area contributed by atoms with E-state index >= 15 is 0 Å². The van der Waals surface area contributed by atoms with Gasteiger partial charge in [-0.3, -0.25) is 4.79 Å². The third-order valence-electron chi connectivity index (χ3n) is 7.71. The third kappa shape index (κ3) is 1.71. The average Bonchev–Trinajstić information content (AvgIpc) is 2.76. The van der Waals surface area contributed by atoms with Gasteiger partial charge in [-0.1, -0.05) is 19.4 Å². The highest BCUT2D eigenvalue weighted by atomic mass is 16.1. The molecule has 0 aromatic carbocycles. The molecule has 3 unspecified atom stereocenters. The maximum atomic E-state index is 12.4. The molecule has 2 heteroatoms. The van der Waals surface area contributed by atoms with Crippen LogP contribution in [0.1, 0.15) is 65.2 Å². The molecule has 4 aliphatic rings. The molecule has 0 spiro atoms. The van der Waals surface area contributed by atoms with Crippen LogP contribution >= 0.6 is 0 Å². The fourth-order valence-corrected chi connectivity index (χ4v) is 6.36. The van der Waals surface area contributed by atoms with Crippen LogP contribution in [0, 0.1) is 34.0 Å². The van der Waals surface area contributed by atoms with Gasteiger partial charge in [-0.25, -0.2) is 0 Å². The van der Waals surface area contributed by atoms with Crippen molar-refractivity contribution >= 4 is 11.5 Å². The van der Waals surface area contributed by atoms with Crippen molar-refractivity contribution in [1.82, 2.24) is 0 Å². The molecule has 0 aromatic heterocycles. The maximum Gasteiger partial charge on any atom is 0.139 e. The zero-order chi connectivity index (χ0) is 14.8. The van der Waals surface area contributed by atoms with Crippen LogP contribution in [-0.4, -0.2) is 11.5 Å². The highest BCUT2D eigenvalue weighted by Crippen LogP contribution is 2.64. The van der Waals surface area contributed by atoms with Gasteiger partial charge >= 0.3 is 0 Å². The van der Waals surface area contributed by atoms with Gasteiger partial charge in [0.25, 0.3) is 0 Å². The first-order chi connectivity index (χ1) is 9.95. The predicted molar refractivity (Wildman–Crippen MR) is 84.4 cm³/mol. The molecule has 1 N–H and O–H groups in total. The Morgan fingerprint density at radius 2 is 1.76 bits per heavy atom. The molecule has 5 atom stereocenters. The fraction of sp³-hybridized carbons (Fsp3) is 0.789. The van der Waals surface area contributed by atoms with Gasteiger partial charge < -0.3 is 5.41 Å². The summed E-state index contributed by atoms with van der Waals surface area (Å²) in [6, 6.07) is 0. The number of hydrogen-bond donors (Lipinski definition) is 1. The Bertz CT molecular complexity index is 548. The SMILES string of the molecule is C[C@]12CCC(=N)C=C1CCC1C2CC[C@]2(C)C(=O)CCC12. The summed E-state index contributed by atoms with van der Waals surface area (Å²) >= 11 is 0. The van der Waals surface area contributed by atoms with Crippen LogP contribution < -0.4 is 0 Å². The lowest BCUT2D eigenvalue weighted by Crippen LogP contribution is -2.50. The summed E-state index contributed by atoms with van der Waals surface area (Å²) in [5, 5.41) is 7.98. The van der Waals surface area contributed by atoms with Crippen LogP contribution in [0.5, 0.6) is 0 Å². The monoisotopic (exact) mass is 285 g/mol. The molecule has 0 radical (unpaired) electrons. The maximum absolute atomic E-state index is 12.4. The molecular weight excluding hydrogens is 258 g/mol. The normalized spacial score (nSPS) is 49.2. The number of rotatable bonds is 0. The van der Waals surface area contributed by atoms with E-state index in [0.29, 0.717) is 17.1 Å².